The number of aromatic nitrogens is 3. The van der Waals surface area contributed by atoms with Gasteiger partial charge < -0.3 is 5.11 Å². The topological polar surface area (TPSA) is 111 Å². The second kappa shape index (κ2) is 4.80. The molecule has 0 atom stereocenters. The van der Waals surface area contributed by atoms with Crippen LogP contribution in [0.2, 0.25) is 0 Å². The smallest absolute Gasteiger partial charge is 0.309 e. The number of carbonyl (C=O) groups is 1. The molecule has 0 saturated heterocycles. The Balaban J connectivity index is 2.46. The third-order valence-electron chi connectivity index (χ3n) is 2.25. The molecule has 0 aliphatic rings. The molecule has 1 aromatic carbocycles. The van der Waals surface area contributed by atoms with E-state index in [4.69, 9.17) is 5.11 Å². The fraction of sp³-hybridized carbons (Fsp3) is 0.100. The molecule has 1 heterocycles. The number of hydrogen-bond acceptors (Lipinski definition) is 5. The zero-order valence-electron chi connectivity index (χ0n) is 9.36. The van der Waals surface area contributed by atoms with E-state index >= 15 is 0 Å². The first-order valence-corrected chi connectivity index (χ1v) is 5.04. The Morgan fingerprint density at radius 1 is 1.53 bits per heavy atom. The first-order chi connectivity index (χ1) is 8.97. The lowest BCUT2D eigenvalue weighted by Gasteiger charge is -2.01. The number of halogens is 1. The maximum absolute atomic E-state index is 13.1. The molecule has 0 bridgehead atoms. The summed E-state index contributed by atoms with van der Waals surface area (Å²) in [5.74, 6) is -1.78. The van der Waals surface area contributed by atoms with Crippen LogP contribution in [0.25, 0.3) is 5.69 Å². The van der Waals surface area contributed by atoms with Crippen LogP contribution in [-0.2, 0) is 11.2 Å². The van der Waals surface area contributed by atoms with Crippen molar-refractivity contribution in [2.24, 2.45) is 0 Å². The molecule has 9 heteroatoms. The highest BCUT2D eigenvalue weighted by atomic mass is 19.1. The van der Waals surface area contributed by atoms with Gasteiger partial charge in [-0.05, 0) is 6.07 Å². The second-order valence-electron chi connectivity index (χ2n) is 3.62. The van der Waals surface area contributed by atoms with Gasteiger partial charge in [-0.25, -0.2) is 9.07 Å². The summed E-state index contributed by atoms with van der Waals surface area (Å²) >= 11 is 0. The Labute approximate surface area is 105 Å². The van der Waals surface area contributed by atoms with Gasteiger partial charge in [0.15, 0.2) is 0 Å². The Morgan fingerprint density at radius 2 is 2.26 bits per heavy atom. The minimum absolute atomic E-state index is 0.117. The van der Waals surface area contributed by atoms with E-state index < -0.39 is 16.7 Å². The van der Waals surface area contributed by atoms with Gasteiger partial charge in [0, 0.05) is 12.1 Å². The Hall–Kier alpha value is -2.84. The predicted octanol–water partition coefficient (Wildman–Crippen LogP) is 0.942. The maximum Gasteiger partial charge on any atom is 0.309 e. The van der Waals surface area contributed by atoms with Gasteiger partial charge >= 0.3 is 5.97 Å². The van der Waals surface area contributed by atoms with Crippen LogP contribution in [0.15, 0.2) is 24.4 Å². The highest BCUT2D eigenvalue weighted by Gasteiger charge is 2.18. The number of carboxylic acids is 1. The molecule has 2 aromatic rings. The number of nitro benzene ring substituents is 1. The third kappa shape index (κ3) is 2.70. The fourth-order valence-corrected chi connectivity index (χ4v) is 1.49. The van der Waals surface area contributed by atoms with E-state index in [0.717, 1.165) is 22.9 Å². The van der Waals surface area contributed by atoms with Crippen LogP contribution < -0.4 is 0 Å². The minimum atomic E-state index is -1.11. The average Bonchev–Trinajstić information content (AvgIpc) is 2.75. The monoisotopic (exact) mass is 266 g/mol. The Kier molecular flexibility index (Phi) is 3.19. The molecule has 0 aliphatic carbocycles. The van der Waals surface area contributed by atoms with Crippen LogP contribution in [-0.4, -0.2) is 31.0 Å². The number of nitrogens with zero attached hydrogens (tertiary/aromatic N) is 4. The van der Waals surface area contributed by atoms with Crippen molar-refractivity contribution in [3.63, 3.8) is 0 Å². The average molecular weight is 266 g/mol. The van der Waals surface area contributed by atoms with Gasteiger partial charge in [-0.2, -0.15) is 0 Å². The standard InChI is InChI=1S/C10H7FN4O4/c11-6-1-2-8(15(18)19)9(3-6)14-5-7(12-13-14)4-10(16)17/h1-3,5H,4H2,(H,16,17). The van der Waals surface area contributed by atoms with Crippen molar-refractivity contribution in [1.82, 2.24) is 15.0 Å². The molecule has 0 spiro atoms. The number of hydrogen-bond donors (Lipinski definition) is 1. The van der Waals surface area contributed by atoms with Crippen LogP contribution in [0.3, 0.4) is 0 Å². The molecule has 19 heavy (non-hydrogen) atoms. The summed E-state index contributed by atoms with van der Waals surface area (Å²) in [6.07, 6.45) is 0.832. The van der Waals surface area contributed by atoms with Crippen molar-refractivity contribution < 1.29 is 19.2 Å². The lowest BCUT2D eigenvalue weighted by molar-refractivity contribution is -0.384. The number of aliphatic carboxylic acids is 1. The molecule has 1 N–H and O–H groups in total. The molecule has 0 amide bonds. The van der Waals surface area contributed by atoms with E-state index in [-0.39, 0.29) is 23.5 Å². The number of nitro groups is 1. The first kappa shape index (κ1) is 12.6. The second-order valence-corrected chi connectivity index (χ2v) is 3.62. The molecule has 0 fully saturated rings. The van der Waals surface area contributed by atoms with E-state index in [0.29, 0.717) is 0 Å². The summed E-state index contributed by atoms with van der Waals surface area (Å²) in [5.41, 5.74) is -0.353. The molecule has 8 nitrogen and oxygen atoms in total. The Bertz CT molecular complexity index is 655. The highest BCUT2D eigenvalue weighted by Crippen LogP contribution is 2.23. The van der Waals surface area contributed by atoms with Crippen molar-refractivity contribution in [3.05, 3.63) is 46.0 Å². The lowest BCUT2D eigenvalue weighted by Crippen LogP contribution is -2.02. The molecular weight excluding hydrogens is 259 g/mol. The van der Waals surface area contributed by atoms with Gasteiger partial charge in [0.05, 0.1) is 23.2 Å². The summed E-state index contributed by atoms with van der Waals surface area (Å²) in [5, 5.41) is 26.5. The van der Waals surface area contributed by atoms with Crippen LogP contribution in [0.1, 0.15) is 5.69 Å². The molecule has 98 valence electrons. The van der Waals surface area contributed by atoms with Crippen LogP contribution in [0.4, 0.5) is 10.1 Å². The fourth-order valence-electron chi connectivity index (χ4n) is 1.49. The highest BCUT2D eigenvalue weighted by molar-refractivity contribution is 5.69. The van der Waals surface area contributed by atoms with E-state index in [1.807, 2.05) is 0 Å². The molecule has 0 aliphatic heterocycles. The van der Waals surface area contributed by atoms with Crippen LogP contribution in [0, 0.1) is 15.9 Å². The van der Waals surface area contributed by atoms with Gasteiger partial charge in [0.1, 0.15) is 11.5 Å². The molecule has 2 rings (SSSR count). The van der Waals surface area contributed by atoms with Crippen molar-refractivity contribution in [1.29, 1.82) is 0 Å². The summed E-state index contributed by atoms with van der Waals surface area (Å²) in [4.78, 5) is 20.6. The zero-order valence-corrected chi connectivity index (χ0v) is 9.36. The van der Waals surface area contributed by atoms with E-state index in [2.05, 4.69) is 10.3 Å². The van der Waals surface area contributed by atoms with Gasteiger partial charge in [0.2, 0.25) is 0 Å². The number of benzene rings is 1. The summed E-state index contributed by atoms with van der Waals surface area (Å²) in [6, 6.07) is 2.89. The lowest BCUT2D eigenvalue weighted by atomic mass is 10.2. The zero-order chi connectivity index (χ0) is 14.0. The normalized spacial score (nSPS) is 10.4. The SMILES string of the molecule is O=C(O)Cc1cn(-c2cc(F)ccc2[N+](=O)[O-])nn1. The summed E-state index contributed by atoms with van der Waals surface area (Å²) in [7, 11) is 0. The summed E-state index contributed by atoms with van der Waals surface area (Å²) < 4.78 is 14.1. The van der Waals surface area contributed by atoms with Crippen molar-refractivity contribution >= 4 is 11.7 Å². The van der Waals surface area contributed by atoms with Crippen molar-refractivity contribution in [2.45, 2.75) is 6.42 Å². The largest absolute Gasteiger partial charge is 0.481 e. The molecule has 1 aromatic heterocycles. The van der Waals surface area contributed by atoms with Crippen molar-refractivity contribution in [3.8, 4) is 5.69 Å². The van der Waals surface area contributed by atoms with Gasteiger partial charge in [-0.3, -0.25) is 14.9 Å². The molecule has 0 unspecified atom stereocenters. The number of rotatable bonds is 4. The van der Waals surface area contributed by atoms with Gasteiger partial charge in [-0.15, -0.1) is 5.10 Å². The van der Waals surface area contributed by atoms with E-state index in [1.54, 1.807) is 0 Å². The van der Waals surface area contributed by atoms with Crippen molar-refractivity contribution in [2.75, 3.05) is 0 Å². The molecule has 0 saturated carbocycles. The summed E-state index contributed by atoms with van der Waals surface area (Å²) in [6.45, 7) is 0. The molecular formula is C10H7FN4O4. The quantitative estimate of drug-likeness (QED) is 0.651. The first-order valence-electron chi connectivity index (χ1n) is 5.04. The minimum Gasteiger partial charge on any atom is -0.481 e. The van der Waals surface area contributed by atoms with Gasteiger partial charge in [0.25, 0.3) is 5.69 Å². The Morgan fingerprint density at radius 3 is 2.89 bits per heavy atom. The third-order valence-corrected chi connectivity index (χ3v) is 2.25. The van der Waals surface area contributed by atoms with Crippen LogP contribution >= 0.6 is 0 Å². The van der Waals surface area contributed by atoms with E-state index in [9.17, 15) is 19.3 Å². The predicted molar refractivity (Wildman–Crippen MR) is 59.3 cm³/mol. The van der Waals surface area contributed by atoms with E-state index in [1.165, 1.54) is 6.20 Å². The van der Waals surface area contributed by atoms with Gasteiger partial charge in [-0.1, -0.05) is 5.21 Å². The number of carboxylic acid groups (broad SMARTS) is 1. The molecule has 0 radical (unpaired) electrons. The maximum atomic E-state index is 13.1. The van der Waals surface area contributed by atoms with Crippen LogP contribution in [0.5, 0.6) is 0 Å².